The number of β-amino-alcohol motifs (C(OH)–C–C–N with tert-alkyl or cyclic N) is 1. The van der Waals surface area contributed by atoms with Crippen LogP contribution in [0.3, 0.4) is 0 Å². The van der Waals surface area contributed by atoms with Gasteiger partial charge in [0.1, 0.15) is 0 Å². The van der Waals surface area contributed by atoms with Crippen LogP contribution in [0, 0.1) is 13.8 Å². The molecule has 1 fully saturated rings. The van der Waals surface area contributed by atoms with Gasteiger partial charge in [-0.3, -0.25) is 4.79 Å². The molecule has 3 nitrogen and oxygen atoms in total. The van der Waals surface area contributed by atoms with E-state index in [1.54, 1.807) is 4.90 Å². The lowest BCUT2D eigenvalue weighted by Gasteiger charge is -2.31. The van der Waals surface area contributed by atoms with Gasteiger partial charge < -0.3 is 10.0 Å². The first-order chi connectivity index (χ1) is 8.09. The molecule has 1 saturated heterocycles. The molecule has 17 heavy (non-hydrogen) atoms. The molecule has 3 heteroatoms. The summed E-state index contributed by atoms with van der Waals surface area (Å²) in [5.41, 5.74) is 2.81. The predicted octanol–water partition coefficient (Wildman–Crippen LogP) is 1.90. The lowest BCUT2D eigenvalue weighted by atomic mass is 10.00. The maximum absolute atomic E-state index is 12.4. The van der Waals surface area contributed by atoms with Crippen LogP contribution in [0.1, 0.15) is 34.3 Å². The van der Waals surface area contributed by atoms with Crippen molar-refractivity contribution < 1.29 is 9.90 Å². The summed E-state index contributed by atoms with van der Waals surface area (Å²) >= 11 is 0. The third-order valence-corrected chi connectivity index (χ3v) is 3.38. The Morgan fingerprint density at radius 3 is 2.59 bits per heavy atom. The van der Waals surface area contributed by atoms with Crippen molar-refractivity contribution in [3.63, 3.8) is 0 Å². The second kappa shape index (κ2) is 4.88. The number of hydrogen-bond acceptors (Lipinski definition) is 2. The number of aryl methyl sites for hydroxylation is 2. The minimum atomic E-state index is -0.364. The summed E-state index contributed by atoms with van der Waals surface area (Å²) in [6.07, 6.45) is 1.32. The highest BCUT2D eigenvalue weighted by Gasteiger charge is 2.24. The maximum Gasteiger partial charge on any atom is 0.254 e. The summed E-state index contributed by atoms with van der Waals surface area (Å²) in [5.74, 6) is 0.0550. The maximum atomic E-state index is 12.4. The van der Waals surface area contributed by atoms with E-state index in [2.05, 4.69) is 0 Å². The standard InChI is InChI=1S/C14H19NO2/c1-10-5-3-6-11(2)13(10)14(17)15-8-4-7-12(16)9-15/h3,5-6,12,16H,4,7-9H2,1-2H3/t12-/m0/s1. The Morgan fingerprint density at radius 2 is 2.00 bits per heavy atom. The van der Waals surface area contributed by atoms with E-state index in [4.69, 9.17) is 0 Å². The van der Waals surface area contributed by atoms with Crippen LogP contribution in [0.2, 0.25) is 0 Å². The number of carbonyl (C=O) groups excluding carboxylic acids is 1. The van der Waals surface area contributed by atoms with Crippen molar-refractivity contribution in [3.05, 3.63) is 34.9 Å². The molecule has 92 valence electrons. The molecule has 2 rings (SSSR count). The Morgan fingerprint density at radius 1 is 1.35 bits per heavy atom. The van der Waals surface area contributed by atoms with Crippen molar-refractivity contribution in [1.82, 2.24) is 4.90 Å². The summed E-state index contributed by atoms with van der Waals surface area (Å²) in [6, 6.07) is 5.88. The molecule has 1 aliphatic heterocycles. The number of nitrogens with zero attached hydrogens (tertiary/aromatic N) is 1. The summed E-state index contributed by atoms with van der Waals surface area (Å²) < 4.78 is 0. The van der Waals surface area contributed by atoms with Crippen LogP contribution in [0.4, 0.5) is 0 Å². The van der Waals surface area contributed by atoms with Gasteiger partial charge in [-0.1, -0.05) is 18.2 Å². The number of carbonyl (C=O) groups is 1. The van der Waals surface area contributed by atoms with Gasteiger partial charge in [-0.15, -0.1) is 0 Å². The molecule has 0 spiro atoms. The molecule has 1 N–H and O–H groups in total. The van der Waals surface area contributed by atoms with Gasteiger partial charge in [0.2, 0.25) is 0 Å². The number of hydrogen-bond donors (Lipinski definition) is 1. The molecule has 0 bridgehead atoms. The molecule has 1 aromatic carbocycles. The molecule has 0 unspecified atom stereocenters. The van der Waals surface area contributed by atoms with E-state index < -0.39 is 0 Å². The number of aliphatic hydroxyl groups is 1. The van der Waals surface area contributed by atoms with Gasteiger partial charge in [-0.2, -0.15) is 0 Å². The molecule has 0 aromatic heterocycles. The number of piperidine rings is 1. The number of benzene rings is 1. The average molecular weight is 233 g/mol. The van der Waals surface area contributed by atoms with Crippen molar-refractivity contribution in [2.45, 2.75) is 32.8 Å². The Labute approximate surface area is 102 Å². The molecule has 0 saturated carbocycles. The number of likely N-dealkylation sites (tertiary alicyclic amines) is 1. The quantitative estimate of drug-likeness (QED) is 0.804. The average Bonchev–Trinajstić information content (AvgIpc) is 2.28. The number of amides is 1. The highest BCUT2D eigenvalue weighted by Crippen LogP contribution is 2.19. The van der Waals surface area contributed by atoms with Gasteiger partial charge in [0.05, 0.1) is 6.10 Å². The zero-order valence-corrected chi connectivity index (χ0v) is 10.4. The molecule has 0 radical (unpaired) electrons. The second-order valence-corrected chi connectivity index (χ2v) is 4.81. The number of aliphatic hydroxyl groups excluding tert-OH is 1. The van der Waals surface area contributed by atoms with E-state index >= 15 is 0 Å². The van der Waals surface area contributed by atoms with Crippen molar-refractivity contribution in [2.24, 2.45) is 0 Å². The molecule has 1 atom stereocenters. The topological polar surface area (TPSA) is 40.5 Å². The Hall–Kier alpha value is -1.35. The molecular weight excluding hydrogens is 214 g/mol. The van der Waals surface area contributed by atoms with E-state index in [0.717, 1.165) is 36.1 Å². The predicted molar refractivity (Wildman–Crippen MR) is 67.1 cm³/mol. The summed E-state index contributed by atoms with van der Waals surface area (Å²) in [7, 11) is 0. The van der Waals surface area contributed by atoms with Gasteiger partial charge in [0.15, 0.2) is 0 Å². The first kappa shape index (κ1) is 12.1. The van der Waals surface area contributed by atoms with Crippen LogP contribution in [-0.4, -0.2) is 35.1 Å². The molecule has 1 amide bonds. The lowest BCUT2D eigenvalue weighted by Crippen LogP contribution is -2.42. The third-order valence-electron chi connectivity index (χ3n) is 3.38. The fourth-order valence-corrected chi connectivity index (χ4v) is 2.45. The van der Waals surface area contributed by atoms with Crippen LogP contribution in [0.25, 0.3) is 0 Å². The van der Waals surface area contributed by atoms with Crippen molar-refractivity contribution in [3.8, 4) is 0 Å². The zero-order chi connectivity index (χ0) is 12.4. The van der Waals surface area contributed by atoms with Crippen LogP contribution in [0.5, 0.6) is 0 Å². The van der Waals surface area contributed by atoms with E-state index in [1.807, 2.05) is 32.0 Å². The smallest absolute Gasteiger partial charge is 0.254 e. The summed E-state index contributed by atoms with van der Waals surface area (Å²) in [6.45, 7) is 5.14. The van der Waals surface area contributed by atoms with E-state index in [1.165, 1.54) is 0 Å². The van der Waals surface area contributed by atoms with E-state index in [0.29, 0.717) is 6.54 Å². The summed E-state index contributed by atoms with van der Waals surface area (Å²) in [4.78, 5) is 14.2. The second-order valence-electron chi connectivity index (χ2n) is 4.81. The third kappa shape index (κ3) is 2.50. The van der Waals surface area contributed by atoms with Crippen LogP contribution in [0.15, 0.2) is 18.2 Å². The van der Waals surface area contributed by atoms with Gasteiger partial charge in [-0.25, -0.2) is 0 Å². The molecule has 1 heterocycles. The SMILES string of the molecule is Cc1cccc(C)c1C(=O)N1CCC[C@H](O)C1. The van der Waals surface area contributed by atoms with Gasteiger partial charge >= 0.3 is 0 Å². The fraction of sp³-hybridized carbons (Fsp3) is 0.500. The monoisotopic (exact) mass is 233 g/mol. The molecule has 1 aromatic rings. The Balaban J connectivity index is 2.24. The first-order valence-electron chi connectivity index (χ1n) is 6.13. The van der Waals surface area contributed by atoms with E-state index in [9.17, 15) is 9.90 Å². The highest BCUT2D eigenvalue weighted by atomic mass is 16.3. The highest BCUT2D eigenvalue weighted by molar-refractivity contribution is 5.97. The first-order valence-corrected chi connectivity index (χ1v) is 6.13. The van der Waals surface area contributed by atoms with E-state index in [-0.39, 0.29) is 12.0 Å². The molecule has 1 aliphatic rings. The Bertz CT molecular complexity index is 408. The van der Waals surface area contributed by atoms with Gasteiger partial charge in [0.25, 0.3) is 5.91 Å². The lowest BCUT2D eigenvalue weighted by molar-refractivity contribution is 0.0472. The van der Waals surface area contributed by atoms with Crippen LogP contribution >= 0.6 is 0 Å². The van der Waals surface area contributed by atoms with Crippen molar-refractivity contribution in [1.29, 1.82) is 0 Å². The van der Waals surface area contributed by atoms with Gasteiger partial charge in [-0.05, 0) is 37.8 Å². The molecular formula is C14H19NO2. The Kier molecular flexibility index (Phi) is 3.48. The minimum Gasteiger partial charge on any atom is -0.391 e. The van der Waals surface area contributed by atoms with Crippen LogP contribution in [-0.2, 0) is 0 Å². The van der Waals surface area contributed by atoms with Gasteiger partial charge in [0, 0.05) is 18.7 Å². The number of rotatable bonds is 1. The summed E-state index contributed by atoms with van der Waals surface area (Å²) in [5, 5.41) is 9.62. The fourth-order valence-electron chi connectivity index (χ4n) is 2.45. The molecule has 0 aliphatic carbocycles. The van der Waals surface area contributed by atoms with Crippen molar-refractivity contribution in [2.75, 3.05) is 13.1 Å². The van der Waals surface area contributed by atoms with Crippen LogP contribution < -0.4 is 0 Å². The normalized spacial score (nSPS) is 20.4. The van der Waals surface area contributed by atoms with Crippen molar-refractivity contribution >= 4 is 5.91 Å². The zero-order valence-electron chi connectivity index (χ0n) is 10.4. The minimum absolute atomic E-state index is 0.0550. The largest absolute Gasteiger partial charge is 0.391 e.